The minimum Gasteiger partial charge on any atom is -0.0848 e. The van der Waals surface area contributed by atoms with E-state index in [0.29, 0.717) is 0 Å². The van der Waals surface area contributed by atoms with E-state index in [-0.39, 0.29) is 0 Å². The van der Waals surface area contributed by atoms with E-state index in [1.54, 1.807) is 5.57 Å². The Morgan fingerprint density at radius 3 is 1.58 bits per heavy atom. The van der Waals surface area contributed by atoms with Gasteiger partial charge in [0.1, 0.15) is 0 Å². The van der Waals surface area contributed by atoms with E-state index in [4.69, 9.17) is 0 Å². The van der Waals surface area contributed by atoms with Crippen molar-refractivity contribution in [3.05, 3.63) is 11.6 Å². The van der Waals surface area contributed by atoms with Crippen molar-refractivity contribution in [3.8, 4) is 0 Å². The van der Waals surface area contributed by atoms with Crippen LogP contribution in [-0.2, 0) is 0 Å². The van der Waals surface area contributed by atoms with Gasteiger partial charge < -0.3 is 0 Å². The first kappa shape index (κ1) is 26.0. The average Bonchev–Trinajstić information content (AvgIpc) is 2.60. The van der Waals surface area contributed by atoms with Crippen LogP contribution in [0.25, 0.3) is 0 Å². The van der Waals surface area contributed by atoms with Gasteiger partial charge in [-0.05, 0) is 61.7 Å². The first-order valence-corrected chi connectivity index (χ1v) is 11.1. The second kappa shape index (κ2) is 16.2. The van der Waals surface area contributed by atoms with Crippen LogP contribution in [-0.4, -0.2) is 0 Å². The van der Waals surface area contributed by atoms with E-state index < -0.39 is 0 Å². The lowest BCUT2D eigenvalue weighted by Crippen LogP contribution is -2.16. The van der Waals surface area contributed by atoms with Gasteiger partial charge in [-0.2, -0.15) is 0 Å². The van der Waals surface area contributed by atoms with Crippen LogP contribution in [0.4, 0.5) is 0 Å². The minimum atomic E-state index is 0.785. The molecule has 0 nitrogen and oxygen atoms in total. The fourth-order valence-corrected chi connectivity index (χ4v) is 3.46. The van der Waals surface area contributed by atoms with Crippen LogP contribution < -0.4 is 0 Å². The molecule has 146 valence electrons. The topological polar surface area (TPSA) is 0 Å². The Bertz CT molecular complexity index is 276. The van der Waals surface area contributed by atoms with Crippen molar-refractivity contribution in [3.63, 3.8) is 0 Å². The molecular weight excluding hydrogens is 288 g/mol. The van der Waals surface area contributed by atoms with Gasteiger partial charge in [0.15, 0.2) is 0 Å². The molecule has 0 spiro atoms. The molecule has 1 unspecified atom stereocenters. The second-order valence-corrected chi connectivity index (χ2v) is 8.08. The van der Waals surface area contributed by atoms with Gasteiger partial charge in [0.25, 0.3) is 0 Å². The van der Waals surface area contributed by atoms with E-state index in [1.165, 1.54) is 44.9 Å². The largest absolute Gasteiger partial charge is 0.0848 e. The average molecular weight is 339 g/mol. The normalized spacial score (nSPS) is 26.2. The number of rotatable bonds is 2. The molecule has 0 saturated heterocycles. The van der Waals surface area contributed by atoms with Crippen molar-refractivity contribution < 1.29 is 0 Å². The molecule has 0 aromatic heterocycles. The van der Waals surface area contributed by atoms with Gasteiger partial charge in [0.05, 0.1) is 0 Å². The minimum absolute atomic E-state index is 0.785. The summed E-state index contributed by atoms with van der Waals surface area (Å²) in [6, 6.07) is 0. The summed E-state index contributed by atoms with van der Waals surface area (Å²) in [5, 5.41) is 0. The monoisotopic (exact) mass is 338 g/mol. The Labute approximate surface area is 155 Å². The van der Waals surface area contributed by atoms with Gasteiger partial charge in [-0.25, -0.2) is 0 Å². The number of allylic oxidation sites excluding steroid dienone is 2. The van der Waals surface area contributed by atoms with Crippen LogP contribution in [0.2, 0.25) is 0 Å². The highest BCUT2D eigenvalue weighted by Crippen LogP contribution is 2.32. The fourth-order valence-electron chi connectivity index (χ4n) is 3.46. The molecule has 1 fully saturated rings. The van der Waals surface area contributed by atoms with Gasteiger partial charge in [0.2, 0.25) is 0 Å². The third kappa shape index (κ3) is 12.2. The van der Waals surface area contributed by atoms with Gasteiger partial charge in [-0.3, -0.25) is 0 Å². The van der Waals surface area contributed by atoms with Crippen LogP contribution in [0.5, 0.6) is 0 Å². The van der Waals surface area contributed by atoms with Crippen molar-refractivity contribution in [2.24, 2.45) is 29.6 Å². The summed E-state index contributed by atoms with van der Waals surface area (Å²) in [6.07, 6.45) is 12.4. The Hall–Kier alpha value is -0.260. The maximum absolute atomic E-state index is 2.44. The molecule has 1 atom stereocenters. The first-order chi connectivity index (χ1) is 11.4. The molecule has 24 heavy (non-hydrogen) atoms. The highest BCUT2D eigenvalue weighted by molar-refractivity contribution is 5.08. The van der Waals surface area contributed by atoms with Crippen LogP contribution >= 0.6 is 0 Å². The Kier molecular flexibility index (Phi) is 17.6. The first-order valence-electron chi connectivity index (χ1n) is 11.1. The molecule has 2 rings (SSSR count). The molecule has 0 bridgehead atoms. The summed E-state index contributed by atoms with van der Waals surface area (Å²) in [5.74, 6) is 4.69. The van der Waals surface area contributed by atoms with Crippen LogP contribution in [0.1, 0.15) is 114 Å². The smallest absolute Gasteiger partial charge is 0.0260 e. The summed E-state index contributed by atoms with van der Waals surface area (Å²) < 4.78 is 0. The summed E-state index contributed by atoms with van der Waals surface area (Å²) in [7, 11) is 0. The zero-order valence-corrected chi connectivity index (χ0v) is 18.9. The van der Waals surface area contributed by atoms with Crippen molar-refractivity contribution in [1.29, 1.82) is 0 Å². The van der Waals surface area contributed by atoms with E-state index in [0.717, 1.165) is 29.6 Å². The van der Waals surface area contributed by atoms with E-state index in [2.05, 4.69) is 47.6 Å². The zero-order chi connectivity index (χ0) is 19.1. The molecule has 0 amide bonds. The predicted molar refractivity (Wildman–Crippen MR) is 115 cm³/mol. The molecular formula is C24H50. The molecule has 2 aliphatic carbocycles. The predicted octanol–water partition coefficient (Wildman–Crippen LogP) is 8.91. The summed E-state index contributed by atoms with van der Waals surface area (Å²) in [4.78, 5) is 0. The van der Waals surface area contributed by atoms with E-state index in [9.17, 15) is 0 Å². The van der Waals surface area contributed by atoms with Crippen LogP contribution in [0.3, 0.4) is 0 Å². The Balaban J connectivity index is 0. The van der Waals surface area contributed by atoms with E-state index in [1.807, 2.05) is 27.7 Å². The molecule has 0 radical (unpaired) electrons. The lowest BCUT2D eigenvalue weighted by molar-refractivity contribution is 0.234. The molecule has 0 heterocycles. The van der Waals surface area contributed by atoms with Crippen LogP contribution in [0.15, 0.2) is 11.6 Å². The second-order valence-electron chi connectivity index (χ2n) is 8.08. The Morgan fingerprint density at radius 2 is 1.25 bits per heavy atom. The van der Waals surface area contributed by atoms with Gasteiger partial charge in [-0.1, -0.05) is 93.7 Å². The lowest BCUT2D eigenvalue weighted by Gasteiger charge is -2.28. The lowest BCUT2D eigenvalue weighted by atomic mass is 9.78. The maximum Gasteiger partial charge on any atom is -0.0260 e. The van der Waals surface area contributed by atoms with Gasteiger partial charge in [0, 0.05) is 0 Å². The molecule has 0 N–H and O–H groups in total. The summed E-state index contributed by atoms with van der Waals surface area (Å²) in [5.41, 5.74) is 1.68. The SMILES string of the molecule is CC.CC.CC1CC=C(C(C)C)CC1.CC1CCC(C(C)C)CC1. The molecule has 0 heteroatoms. The van der Waals surface area contributed by atoms with E-state index >= 15 is 0 Å². The number of hydrogen-bond acceptors (Lipinski definition) is 0. The highest BCUT2D eigenvalue weighted by atomic mass is 14.3. The van der Waals surface area contributed by atoms with Crippen molar-refractivity contribution in [2.45, 2.75) is 114 Å². The summed E-state index contributed by atoms with van der Waals surface area (Å²) >= 11 is 0. The van der Waals surface area contributed by atoms with Crippen LogP contribution in [0, 0.1) is 29.6 Å². The quantitative estimate of drug-likeness (QED) is 0.441. The van der Waals surface area contributed by atoms with Crippen molar-refractivity contribution in [1.82, 2.24) is 0 Å². The third-order valence-electron chi connectivity index (χ3n) is 5.45. The van der Waals surface area contributed by atoms with Crippen molar-refractivity contribution >= 4 is 0 Å². The molecule has 0 aliphatic heterocycles. The molecule has 2 aliphatic rings. The van der Waals surface area contributed by atoms with Crippen molar-refractivity contribution in [2.75, 3.05) is 0 Å². The maximum atomic E-state index is 2.44. The molecule has 0 aromatic rings. The fraction of sp³-hybridized carbons (Fsp3) is 0.917. The standard InChI is InChI=1S/C10H20.C10H18.2C2H6/c2*1-8(2)10-6-4-9(3)5-7-10;2*1-2/h8-10H,4-7H2,1-3H3;6,8-9H,4-5,7H2,1-3H3;2*1-2H3. The molecule has 0 aromatic carbocycles. The third-order valence-corrected chi connectivity index (χ3v) is 5.45. The zero-order valence-electron chi connectivity index (χ0n) is 18.9. The molecule has 1 saturated carbocycles. The summed E-state index contributed by atoms with van der Waals surface area (Å²) in [6.45, 7) is 22.0. The van der Waals surface area contributed by atoms with Gasteiger partial charge in [-0.15, -0.1) is 0 Å². The van der Waals surface area contributed by atoms with Gasteiger partial charge >= 0.3 is 0 Å². The number of hydrogen-bond donors (Lipinski definition) is 0. The highest BCUT2D eigenvalue weighted by Gasteiger charge is 2.20. The Morgan fingerprint density at radius 1 is 0.750 bits per heavy atom.